The van der Waals surface area contributed by atoms with Gasteiger partial charge in [-0.25, -0.2) is 0 Å². The topological polar surface area (TPSA) is 0 Å². The van der Waals surface area contributed by atoms with E-state index < -0.39 is 0 Å². The minimum Gasteiger partial charge on any atom is -0.105 e. The number of hydrogen-bond donors (Lipinski definition) is 0. The molecule has 0 unspecified atom stereocenters. The Morgan fingerprint density at radius 3 is 2.47 bits per heavy atom. The summed E-state index contributed by atoms with van der Waals surface area (Å²) in [5.41, 5.74) is 1.42. The maximum atomic E-state index is 5.72. The molecule has 0 aliphatic rings. The molecule has 0 spiro atoms. The van der Waals surface area contributed by atoms with Gasteiger partial charge >= 0.3 is 0 Å². The van der Waals surface area contributed by atoms with E-state index in [1.807, 2.05) is 0 Å². The molecule has 0 amide bonds. The van der Waals surface area contributed by atoms with Gasteiger partial charge < -0.3 is 0 Å². The number of fused-ring (bicyclic) bond motifs is 1. The molecule has 0 fully saturated rings. The SMILES string of the molecule is ClC(Cl)CCCCc1cccc2ccccc12. The Hall–Kier alpha value is -0.720. The Bertz CT molecular complexity index is 472. The average molecular weight is 267 g/mol. The summed E-state index contributed by atoms with van der Waals surface area (Å²) < 4.78 is 0. The molecule has 0 atom stereocenters. The zero-order valence-corrected chi connectivity index (χ0v) is 11.2. The van der Waals surface area contributed by atoms with Crippen LogP contribution in [0.3, 0.4) is 0 Å². The maximum Gasteiger partial charge on any atom is 0.107 e. The summed E-state index contributed by atoms with van der Waals surface area (Å²) in [5.74, 6) is 0. The van der Waals surface area contributed by atoms with Gasteiger partial charge in [0.25, 0.3) is 0 Å². The summed E-state index contributed by atoms with van der Waals surface area (Å²) in [5, 5.41) is 2.68. The standard InChI is InChI=1S/C15H16Cl2/c16-15(17)11-4-2-7-13-9-5-8-12-6-1-3-10-14(12)13/h1,3,5-6,8-10,15H,2,4,7,11H2. The van der Waals surface area contributed by atoms with Gasteiger partial charge in [0, 0.05) is 0 Å². The van der Waals surface area contributed by atoms with Gasteiger partial charge in [-0.3, -0.25) is 0 Å². The molecule has 2 rings (SSSR count). The normalized spacial score (nSPS) is 11.2. The first kappa shape index (κ1) is 12.7. The molecule has 0 saturated heterocycles. The highest BCUT2D eigenvalue weighted by molar-refractivity contribution is 6.44. The number of rotatable bonds is 5. The quantitative estimate of drug-likeness (QED) is 0.505. The molecule has 0 aliphatic carbocycles. The van der Waals surface area contributed by atoms with Crippen molar-refractivity contribution in [2.45, 2.75) is 30.5 Å². The van der Waals surface area contributed by atoms with Crippen molar-refractivity contribution in [1.82, 2.24) is 0 Å². The van der Waals surface area contributed by atoms with Crippen LogP contribution < -0.4 is 0 Å². The Morgan fingerprint density at radius 2 is 1.65 bits per heavy atom. The highest BCUT2D eigenvalue weighted by Crippen LogP contribution is 2.21. The van der Waals surface area contributed by atoms with Crippen molar-refractivity contribution in [3.05, 3.63) is 48.0 Å². The molecule has 17 heavy (non-hydrogen) atoms. The highest BCUT2D eigenvalue weighted by Gasteiger charge is 2.02. The minimum absolute atomic E-state index is 0.220. The van der Waals surface area contributed by atoms with E-state index in [4.69, 9.17) is 23.2 Å². The lowest BCUT2D eigenvalue weighted by Gasteiger charge is -2.06. The number of aryl methyl sites for hydroxylation is 1. The molecule has 0 saturated carbocycles. The maximum absolute atomic E-state index is 5.72. The first-order valence-electron chi connectivity index (χ1n) is 6.02. The summed E-state index contributed by atoms with van der Waals surface area (Å²) in [4.78, 5) is -0.220. The largest absolute Gasteiger partial charge is 0.107 e. The Balaban J connectivity index is 2.03. The Morgan fingerprint density at radius 1 is 0.882 bits per heavy atom. The molecular weight excluding hydrogens is 251 g/mol. The van der Waals surface area contributed by atoms with E-state index in [1.54, 1.807) is 0 Å². The van der Waals surface area contributed by atoms with Crippen LogP contribution in [-0.2, 0) is 6.42 Å². The fourth-order valence-corrected chi connectivity index (χ4v) is 2.43. The van der Waals surface area contributed by atoms with Crippen LogP contribution in [0.15, 0.2) is 42.5 Å². The van der Waals surface area contributed by atoms with Crippen LogP contribution in [0.25, 0.3) is 10.8 Å². The van der Waals surface area contributed by atoms with Gasteiger partial charge in [-0.15, -0.1) is 23.2 Å². The molecule has 0 heterocycles. The van der Waals surface area contributed by atoms with Crippen molar-refractivity contribution in [2.24, 2.45) is 0 Å². The monoisotopic (exact) mass is 266 g/mol. The van der Waals surface area contributed by atoms with Gasteiger partial charge in [0.2, 0.25) is 0 Å². The Kier molecular flexibility index (Phi) is 4.70. The number of halogens is 2. The third kappa shape index (κ3) is 3.62. The van der Waals surface area contributed by atoms with E-state index in [1.165, 1.54) is 16.3 Å². The van der Waals surface area contributed by atoms with Crippen LogP contribution in [0.4, 0.5) is 0 Å². The molecule has 90 valence electrons. The van der Waals surface area contributed by atoms with E-state index in [0.29, 0.717) is 0 Å². The number of unbranched alkanes of at least 4 members (excludes halogenated alkanes) is 1. The fourth-order valence-electron chi connectivity index (χ4n) is 2.12. The summed E-state index contributed by atoms with van der Waals surface area (Å²) >= 11 is 11.4. The molecule has 0 nitrogen and oxygen atoms in total. The van der Waals surface area contributed by atoms with Gasteiger partial charge in [-0.1, -0.05) is 48.9 Å². The van der Waals surface area contributed by atoms with Crippen LogP contribution in [0.1, 0.15) is 24.8 Å². The van der Waals surface area contributed by atoms with E-state index in [-0.39, 0.29) is 4.84 Å². The van der Waals surface area contributed by atoms with Crippen LogP contribution >= 0.6 is 23.2 Å². The van der Waals surface area contributed by atoms with Crippen LogP contribution in [0.5, 0.6) is 0 Å². The zero-order valence-electron chi connectivity index (χ0n) is 9.70. The van der Waals surface area contributed by atoms with Crippen molar-refractivity contribution >= 4 is 34.0 Å². The molecular formula is C15H16Cl2. The van der Waals surface area contributed by atoms with Gasteiger partial charge in [0.05, 0.1) is 0 Å². The lowest BCUT2D eigenvalue weighted by molar-refractivity contribution is 0.709. The molecule has 0 aliphatic heterocycles. The van der Waals surface area contributed by atoms with Gasteiger partial charge in [0.15, 0.2) is 0 Å². The highest BCUT2D eigenvalue weighted by atomic mass is 35.5. The zero-order chi connectivity index (χ0) is 12.1. The molecule has 0 radical (unpaired) electrons. The van der Waals surface area contributed by atoms with Crippen molar-refractivity contribution in [2.75, 3.05) is 0 Å². The smallest absolute Gasteiger partial charge is 0.105 e. The molecule has 2 aromatic carbocycles. The molecule has 0 bridgehead atoms. The van der Waals surface area contributed by atoms with Crippen LogP contribution in [0, 0.1) is 0 Å². The number of alkyl halides is 2. The third-order valence-electron chi connectivity index (χ3n) is 3.00. The van der Waals surface area contributed by atoms with Gasteiger partial charge in [0.1, 0.15) is 4.84 Å². The fraction of sp³-hybridized carbons (Fsp3) is 0.333. The Labute approximate surface area is 113 Å². The second kappa shape index (κ2) is 6.28. The first-order chi connectivity index (χ1) is 8.27. The summed E-state index contributed by atoms with van der Waals surface area (Å²) in [6.45, 7) is 0. The van der Waals surface area contributed by atoms with Crippen molar-refractivity contribution < 1.29 is 0 Å². The number of benzene rings is 2. The van der Waals surface area contributed by atoms with Gasteiger partial charge in [-0.05, 0) is 35.6 Å². The molecule has 0 N–H and O–H groups in total. The lowest BCUT2D eigenvalue weighted by atomic mass is 10.00. The van der Waals surface area contributed by atoms with Crippen molar-refractivity contribution in [3.63, 3.8) is 0 Å². The molecule has 2 aromatic rings. The van der Waals surface area contributed by atoms with E-state index in [0.717, 1.165) is 25.7 Å². The molecule has 2 heteroatoms. The second-order valence-corrected chi connectivity index (χ2v) is 5.55. The van der Waals surface area contributed by atoms with Crippen LogP contribution in [-0.4, -0.2) is 4.84 Å². The predicted octanol–water partition coefficient (Wildman–Crippen LogP) is 5.36. The summed E-state index contributed by atoms with van der Waals surface area (Å²) in [6, 6.07) is 15.0. The second-order valence-electron chi connectivity index (χ2n) is 4.28. The van der Waals surface area contributed by atoms with Crippen molar-refractivity contribution in [1.29, 1.82) is 0 Å². The van der Waals surface area contributed by atoms with E-state index >= 15 is 0 Å². The first-order valence-corrected chi connectivity index (χ1v) is 6.89. The van der Waals surface area contributed by atoms with Gasteiger partial charge in [-0.2, -0.15) is 0 Å². The third-order valence-corrected chi connectivity index (χ3v) is 3.43. The molecule has 0 aromatic heterocycles. The van der Waals surface area contributed by atoms with E-state index in [9.17, 15) is 0 Å². The average Bonchev–Trinajstić information content (AvgIpc) is 2.34. The minimum atomic E-state index is -0.220. The van der Waals surface area contributed by atoms with E-state index in [2.05, 4.69) is 42.5 Å². The van der Waals surface area contributed by atoms with Crippen LogP contribution in [0.2, 0.25) is 0 Å². The van der Waals surface area contributed by atoms with Crippen molar-refractivity contribution in [3.8, 4) is 0 Å². The lowest BCUT2D eigenvalue weighted by Crippen LogP contribution is -1.91. The predicted molar refractivity (Wildman–Crippen MR) is 77.0 cm³/mol. The summed E-state index contributed by atoms with van der Waals surface area (Å²) in [6.07, 6.45) is 4.21. The number of hydrogen-bond acceptors (Lipinski definition) is 0. The summed E-state index contributed by atoms with van der Waals surface area (Å²) in [7, 11) is 0.